The number of ether oxygens (including phenoxy) is 1. The first-order valence-electron chi connectivity index (χ1n) is 7.74. The number of carbonyl (C=O) groups excluding carboxylic acids is 1. The summed E-state index contributed by atoms with van der Waals surface area (Å²) in [5.41, 5.74) is 1.01. The molecule has 0 amide bonds. The molecule has 0 aliphatic heterocycles. The molecule has 7 heteroatoms. The van der Waals surface area contributed by atoms with Crippen molar-refractivity contribution in [3.8, 4) is 11.4 Å². The van der Waals surface area contributed by atoms with E-state index in [1.165, 1.54) is 0 Å². The fourth-order valence-corrected chi connectivity index (χ4v) is 3.27. The molecule has 0 spiro atoms. The van der Waals surface area contributed by atoms with Crippen LogP contribution in [0.2, 0.25) is 0 Å². The summed E-state index contributed by atoms with van der Waals surface area (Å²) < 4.78 is 7.99. The number of aromatic nitrogens is 3. The van der Waals surface area contributed by atoms with Gasteiger partial charge in [-0.25, -0.2) is 0 Å². The Kier molecular flexibility index (Phi) is 7.52. The van der Waals surface area contributed by atoms with E-state index >= 15 is 0 Å². The summed E-state index contributed by atoms with van der Waals surface area (Å²) in [6.07, 6.45) is 3.00. The highest BCUT2D eigenvalue weighted by atomic mass is 79.9. The van der Waals surface area contributed by atoms with Gasteiger partial charge in [0.25, 0.3) is 0 Å². The fourth-order valence-electron chi connectivity index (χ4n) is 2.11. The van der Waals surface area contributed by atoms with Gasteiger partial charge in [0.2, 0.25) is 0 Å². The lowest BCUT2D eigenvalue weighted by atomic mass is 10.2. The smallest absolute Gasteiger partial charge is 0.305 e. The third-order valence-corrected chi connectivity index (χ3v) is 4.77. The predicted octanol–water partition coefficient (Wildman–Crippen LogP) is 4.33. The second kappa shape index (κ2) is 9.64. The number of esters is 1. The minimum Gasteiger partial charge on any atom is -0.466 e. The molecule has 1 heterocycles. The number of halogens is 1. The topological polar surface area (TPSA) is 57.0 Å². The Morgan fingerprint density at radius 2 is 2.12 bits per heavy atom. The van der Waals surface area contributed by atoms with Crippen LogP contribution in [0.3, 0.4) is 0 Å². The lowest BCUT2D eigenvalue weighted by Gasteiger charge is -2.08. The van der Waals surface area contributed by atoms with Gasteiger partial charge in [0.15, 0.2) is 11.0 Å². The van der Waals surface area contributed by atoms with E-state index in [9.17, 15) is 4.79 Å². The third kappa shape index (κ3) is 5.21. The van der Waals surface area contributed by atoms with Crippen molar-refractivity contribution in [1.29, 1.82) is 0 Å². The zero-order valence-electron chi connectivity index (χ0n) is 13.6. The summed E-state index contributed by atoms with van der Waals surface area (Å²) in [5, 5.41) is 9.43. The van der Waals surface area contributed by atoms with Crippen molar-refractivity contribution in [2.24, 2.45) is 0 Å². The molecule has 1 aromatic heterocycles. The van der Waals surface area contributed by atoms with Crippen LogP contribution >= 0.6 is 27.7 Å². The van der Waals surface area contributed by atoms with Gasteiger partial charge in [0.05, 0.1) is 6.61 Å². The van der Waals surface area contributed by atoms with Crippen molar-refractivity contribution < 1.29 is 9.53 Å². The molecule has 0 bridgehead atoms. The summed E-state index contributed by atoms with van der Waals surface area (Å²) in [5.74, 6) is 1.45. The standard InChI is InChI=1S/C17H20BrN3O2S/c1-3-11-21-16(13-7-9-14(18)10-8-13)19-20-17(21)24-12-5-6-15(22)23-4-2/h3,7-10H,1,4-6,11-12H2,2H3. The molecule has 0 fully saturated rings. The number of allylic oxidation sites excluding steroid dienone is 1. The van der Waals surface area contributed by atoms with Crippen LogP contribution < -0.4 is 0 Å². The molecule has 0 saturated heterocycles. The van der Waals surface area contributed by atoms with Crippen molar-refractivity contribution in [3.05, 3.63) is 41.4 Å². The molecule has 0 saturated carbocycles. The number of benzene rings is 1. The molecule has 0 radical (unpaired) electrons. The quantitative estimate of drug-likeness (QED) is 0.267. The van der Waals surface area contributed by atoms with Gasteiger partial charge in [0.1, 0.15) is 0 Å². The maximum Gasteiger partial charge on any atom is 0.305 e. The van der Waals surface area contributed by atoms with Gasteiger partial charge in [-0.15, -0.1) is 16.8 Å². The Hall–Kier alpha value is -1.60. The molecule has 0 unspecified atom stereocenters. The zero-order chi connectivity index (χ0) is 17.4. The van der Waals surface area contributed by atoms with Gasteiger partial charge in [-0.3, -0.25) is 9.36 Å². The van der Waals surface area contributed by atoms with E-state index < -0.39 is 0 Å². The van der Waals surface area contributed by atoms with Gasteiger partial charge < -0.3 is 4.74 Å². The van der Waals surface area contributed by atoms with Crippen molar-refractivity contribution in [2.75, 3.05) is 12.4 Å². The van der Waals surface area contributed by atoms with Crippen LogP contribution in [0.15, 0.2) is 46.5 Å². The number of carbonyl (C=O) groups is 1. The van der Waals surface area contributed by atoms with Crippen LogP contribution in [0, 0.1) is 0 Å². The van der Waals surface area contributed by atoms with Crippen molar-refractivity contribution in [1.82, 2.24) is 14.8 Å². The van der Waals surface area contributed by atoms with Gasteiger partial charge in [-0.1, -0.05) is 45.9 Å². The average molecular weight is 410 g/mol. The second-order valence-electron chi connectivity index (χ2n) is 4.97. The Morgan fingerprint density at radius 3 is 2.79 bits per heavy atom. The van der Waals surface area contributed by atoms with Crippen LogP contribution in [0.4, 0.5) is 0 Å². The summed E-state index contributed by atoms with van der Waals surface area (Å²) in [7, 11) is 0. The average Bonchev–Trinajstić information content (AvgIpc) is 2.96. The maximum absolute atomic E-state index is 11.4. The van der Waals surface area contributed by atoms with E-state index in [-0.39, 0.29) is 5.97 Å². The Labute approximate surface area is 154 Å². The van der Waals surface area contributed by atoms with Crippen LogP contribution in [0.25, 0.3) is 11.4 Å². The highest BCUT2D eigenvalue weighted by Crippen LogP contribution is 2.25. The largest absolute Gasteiger partial charge is 0.466 e. The van der Waals surface area contributed by atoms with Gasteiger partial charge in [-0.05, 0) is 25.5 Å². The summed E-state index contributed by atoms with van der Waals surface area (Å²) in [4.78, 5) is 11.4. The first kappa shape index (κ1) is 18.7. The first-order chi connectivity index (χ1) is 11.7. The van der Waals surface area contributed by atoms with E-state index in [2.05, 4.69) is 32.7 Å². The Balaban J connectivity index is 2.04. The first-order valence-corrected chi connectivity index (χ1v) is 9.52. The van der Waals surface area contributed by atoms with Gasteiger partial charge in [0, 0.05) is 28.8 Å². The minimum atomic E-state index is -0.152. The SMILES string of the molecule is C=CCn1c(SCCCC(=O)OCC)nnc1-c1ccc(Br)cc1. The molecule has 24 heavy (non-hydrogen) atoms. The lowest BCUT2D eigenvalue weighted by Crippen LogP contribution is -2.04. The molecule has 0 aliphatic rings. The number of nitrogens with zero attached hydrogens (tertiary/aromatic N) is 3. The molecule has 5 nitrogen and oxygen atoms in total. The molecule has 2 rings (SSSR count). The second-order valence-corrected chi connectivity index (χ2v) is 6.95. The van der Waals surface area contributed by atoms with E-state index in [0.29, 0.717) is 19.6 Å². The van der Waals surface area contributed by atoms with E-state index in [4.69, 9.17) is 4.74 Å². The van der Waals surface area contributed by atoms with Crippen LogP contribution in [0.5, 0.6) is 0 Å². The molecule has 128 valence electrons. The molecule has 2 aromatic rings. The number of rotatable bonds is 9. The Morgan fingerprint density at radius 1 is 1.38 bits per heavy atom. The maximum atomic E-state index is 11.4. The molecular formula is C17H20BrN3O2S. The normalized spacial score (nSPS) is 10.6. The van der Waals surface area contributed by atoms with Crippen molar-refractivity contribution in [3.63, 3.8) is 0 Å². The number of thioether (sulfide) groups is 1. The van der Waals surface area contributed by atoms with E-state index in [1.807, 2.05) is 41.8 Å². The van der Waals surface area contributed by atoms with Crippen LogP contribution in [-0.2, 0) is 16.1 Å². The molecule has 0 aliphatic carbocycles. The molecule has 0 atom stereocenters. The number of hydrogen-bond acceptors (Lipinski definition) is 5. The molecule has 1 aromatic carbocycles. The van der Waals surface area contributed by atoms with E-state index in [0.717, 1.165) is 33.2 Å². The van der Waals surface area contributed by atoms with Crippen molar-refractivity contribution in [2.45, 2.75) is 31.5 Å². The summed E-state index contributed by atoms with van der Waals surface area (Å²) >= 11 is 5.03. The zero-order valence-corrected chi connectivity index (χ0v) is 16.0. The summed E-state index contributed by atoms with van der Waals surface area (Å²) in [6, 6.07) is 7.97. The van der Waals surface area contributed by atoms with Crippen LogP contribution in [-0.4, -0.2) is 33.1 Å². The predicted molar refractivity (Wildman–Crippen MR) is 99.9 cm³/mol. The fraction of sp³-hybridized carbons (Fsp3) is 0.353. The molecule has 0 N–H and O–H groups in total. The van der Waals surface area contributed by atoms with Crippen molar-refractivity contribution >= 4 is 33.7 Å². The third-order valence-electron chi connectivity index (χ3n) is 3.19. The highest BCUT2D eigenvalue weighted by Gasteiger charge is 2.13. The summed E-state index contributed by atoms with van der Waals surface area (Å²) in [6.45, 7) is 6.69. The van der Waals surface area contributed by atoms with Gasteiger partial charge >= 0.3 is 5.97 Å². The van der Waals surface area contributed by atoms with Crippen LogP contribution in [0.1, 0.15) is 19.8 Å². The molecular weight excluding hydrogens is 390 g/mol. The Bertz CT molecular complexity index is 686. The van der Waals surface area contributed by atoms with E-state index in [1.54, 1.807) is 11.8 Å². The minimum absolute atomic E-state index is 0.152. The number of hydrogen-bond donors (Lipinski definition) is 0. The lowest BCUT2D eigenvalue weighted by molar-refractivity contribution is -0.143. The highest BCUT2D eigenvalue weighted by molar-refractivity contribution is 9.10. The van der Waals surface area contributed by atoms with Gasteiger partial charge in [-0.2, -0.15) is 0 Å². The monoisotopic (exact) mass is 409 g/mol.